The maximum absolute atomic E-state index is 6.93. The summed E-state index contributed by atoms with van der Waals surface area (Å²) in [5.41, 5.74) is 5.76. The van der Waals surface area contributed by atoms with E-state index in [2.05, 4.69) is 6.07 Å². The first-order valence-corrected chi connectivity index (χ1v) is 9.58. The molecule has 0 aliphatic heterocycles. The van der Waals surface area contributed by atoms with E-state index in [0.29, 0.717) is 10.1 Å². The molecule has 1 aliphatic rings. The summed E-state index contributed by atoms with van der Waals surface area (Å²) in [5, 5.41) is 1.35. The van der Waals surface area contributed by atoms with Gasteiger partial charge in [0, 0.05) is 16.7 Å². The molecule has 4 heteroatoms. The van der Waals surface area contributed by atoms with Gasteiger partial charge in [-0.15, -0.1) is 0 Å². The number of benzene rings is 3. The third kappa shape index (κ3) is 3.19. The van der Waals surface area contributed by atoms with Crippen molar-refractivity contribution < 1.29 is 9.47 Å². The molecule has 4 rings (SSSR count). The van der Waals surface area contributed by atoms with Gasteiger partial charge in [0.2, 0.25) is 0 Å². The molecule has 1 aliphatic carbocycles. The third-order valence-electron chi connectivity index (χ3n) is 4.84. The van der Waals surface area contributed by atoms with E-state index in [1.165, 1.54) is 0 Å². The predicted molar refractivity (Wildman–Crippen MR) is 118 cm³/mol. The molecule has 0 N–H and O–H groups in total. The smallest absolute Gasteiger partial charge is 0.118 e. The molecule has 0 heterocycles. The van der Waals surface area contributed by atoms with Crippen LogP contribution in [0.5, 0.6) is 11.5 Å². The summed E-state index contributed by atoms with van der Waals surface area (Å²) in [5.74, 6) is 1.58. The van der Waals surface area contributed by atoms with Gasteiger partial charge in [0.05, 0.1) is 24.3 Å². The molecule has 0 radical (unpaired) electrons. The van der Waals surface area contributed by atoms with Gasteiger partial charge in [-0.05, 0) is 53.1 Å². The molecule has 0 saturated carbocycles. The Hall–Kier alpha value is -2.68. The Bertz CT molecular complexity index is 1080. The zero-order valence-electron chi connectivity index (χ0n) is 15.5. The highest BCUT2D eigenvalue weighted by Gasteiger charge is 2.29. The highest BCUT2D eigenvalue weighted by molar-refractivity contribution is 6.62. The molecular formula is C24H18Cl2O2. The number of halogens is 2. The van der Waals surface area contributed by atoms with E-state index in [9.17, 15) is 0 Å². The fourth-order valence-corrected chi connectivity index (χ4v) is 4.10. The number of fused-ring (bicyclic) bond motifs is 1. The second kappa shape index (κ2) is 7.75. The molecule has 0 bridgehead atoms. The normalized spacial score (nSPS) is 14.7. The number of hydrogen-bond donors (Lipinski definition) is 0. The van der Waals surface area contributed by atoms with Gasteiger partial charge in [0.1, 0.15) is 11.5 Å². The second-order valence-corrected chi connectivity index (χ2v) is 7.14. The van der Waals surface area contributed by atoms with E-state index in [0.717, 1.165) is 44.9 Å². The van der Waals surface area contributed by atoms with Crippen LogP contribution in [0.2, 0.25) is 0 Å². The average Bonchev–Trinajstić information content (AvgIpc) is 3.06. The van der Waals surface area contributed by atoms with Crippen LogP contribution in [0.25, 0.3) is 21.2 Å². The summed E-state index contributed by atoms with van der Waals surface area (Å²) in [4.78, 5) is 0. The van der Waals surface area contributed by atoms with Crippen LogP contribution in [0.15, 0.2) is 72.8 Å². The van der Waals surface area contributed by atoms with Crippen molar-refractivity contribution >= 4 is 44.4 Å². The lowest BCUT2D eigenvalue weighted by Crippen LogP contribution is -1.91. The SMILES string of the molecule is COc1ccc(C2=C(Cl)c3ccccc3/C2=C(/Cl)c2ccc(OC)cc2)cc1. The van der Waals surface area contributed by atoms with E-state index in [4.69, 9.17) is 32.7 Å². The average molecular weight is 409 g/mol. The van der Waals surface area contributed by atoms with Gasteiger partial charge in [-0.25, -0.2) is 0 Å². The lowest BCUT2D eigenvalue weighted by Gasteiger charge is -2.13. The summed E-state index contributed by atoms with van der Waals surface area (Å²) in [7, 11) is 3.30. The summed E-state index contributed by atoms with van der Waals surface area (Å²) < 4.78 is 10.5. The van der Waals surface area contributed by atoms with Crippen molar-refractivity contribution in [2.24, 2.45) is 0 Å². The van der Waals surface area contributed by atoms with E-state index < -0.39 is 0 Å². The Morgan fingerprint density at radius 3 is 1.82 bits per heavy atom. The number of ether oxygens (including phenoxy) is 2. The van der Waals surface area contributed by atoms with Crippen LogP contribution in [0.3, 0.4) is 0 Å². The molecular weight excluding hydrogens is 391 g/mol. The number of allylic oxidation sites excluding steroid dienone is 2. The van der Waals surface area contributed by atoms with Crippen molar-refractivity contribution in [2.75, 3.05) is 14.2 Å². The number of methoxy groups -OCH3 is 2. The Kier molecular flexibility index (Phi) is 5.17. The molecule has 3 aromatic rings. The molecule has 0 fully saturated rings. The lowest BCUT2D eigenvalue weighted by atomic mass is 9.95. The minimum absolute atomic E-state index is 0.650. The Morgan fingerprint density at radius 1 is 0.714 bits per heavy atom. The minimum atomic E-state index is 0.650. The van der Waals surface area contributed by atoms with E-state index in [1.807, 2.05) is 66.7 Å². The van der Waals surface area contributed by atoms with Crippen LogP contribution in [0.1, 0.15) is 22.3 Å². The molecule has 2 nitrogen and oxygen atoms in total. The van der Waals surface area contributed by atoms with Crippen LogP contribution in [-0.4, -0.2) is 14.2 Å². The van der Waals surface area contributed by atoms with Crippen molar-refractivity contribution in [1.82, 2.24) is 0 Å². The predicted octanol–water partition coefficient (Wildman–Crippen LogP) is 6.93. The fraction of sp³-hybridized carbons (Fsp3) is 0.0833. The molecule has 28 heavy (non-hydrogen) atoms. The van der Waals surface area contributed by atoms with E-state index in [1.54, 1.807) is 14.2 Å². The number of hydrogen-bond acceptors (Lipinski definition) is 2. The molecule has 0 unspecified atom stereocenters. The monoisotopic (exact) mass is 408 g/mol. The Labute approximate surface area is 174 Å². The van der Waals surface area contributed by atoms with Gasteiger partial charge in [0.25, 0.3) is 0 Å². The van der Waals surface area contributed by atoms with Gasteiger partial charge in [-0.2, -0.15) is 0 Å². The van der Waals surface area contributed by atoms with Gasteiger partial charge in [0.15, 0.2) is 0 Å². The maximum atomic E-state index is 6.93. The van der Waals surface area contributed by atoms with Crippen LogP contribution in [0, 0.1) is 0 Å². The quantitative estimate of drug-likeness (QED) is 0.465. The zero-order valence-corrected chi connectivity index (χ0v) is 17.0. The molecule has 0 amide bonds. The minimum Gasteiger partial charge on any atom is -0.497 e. The summed E-state index contributed by atoms with van der Waals surface area (Å²) >= 11 is 13.8. The molecule has 3 aromatic carbocycles. The van der Waals surface area contributed by atoms with Crippen LogP contribution in [0.4, 0.5) is 0 Å². The maximum Gasteiger partial charge on any atom is 0.118 e. The first-order chi connectivity index (χ1) is 13.6. The van der Waals surface area contributed by atoms with Crippen molar-refractivity contribution in [3.05, 3.63) is 95.1 Å². The van der Waals surface area contributed by atoms with Crippen molar-refractivity contribution in [3.8, 4) is 11.5 Å². The largest absolute Gasteiger partial charge is 0.497 e. The van der Waals surface area contributed by atoms with Crippen molar-refractivity contribution in [3.63, 3.8) is 0 Å². The first-order valence-electron chi connectivity index (χ1n) is 8.82. The Morgan fingerprint density at radius 2 is 1.25 bits per heavy atom. The zero-order chi connectivity index (χ0) is 19.7. The lowest BCUT2D eigenvalue weighted by molar-refractivity contribution is 0.414. The van der Waals surface area contributed by atoms with Gasteiger partial charge in [-0.1, -0.05) is 59.6 Å². The number of rotatable bonds is 4. The van der Waals surface area contributed by atoms with E-state index >= 15 is 0 Å². The molecule has 0 saturated heterocycles. The summed E-state index contributed by atoms with van der Waals surface area (Å²) in [6, 6.07) is 23.6. The van der Waals surface area contributed by atoms with Crippen molar-refractivity contribution in [2.45, 2.75) is 0 Å². The topological polar surface area (TPSA) is 18.5 Å². The summed E-state index contributed by atoms with van der Waals surface area (Å²) in [6.07, 6.45) is 0. The van der Waals surface area contributed by atoms with Crippen LogP contribution >= 0.6 is 23.2 Å². The van der Waals surface area contributed by atoms with Crippen LogP contribution < -0.4 is 9.47 Å². The molecule has 0 aromatic heterocycles. The Balaban J connectivity index is 1.92. The van der Waals surface area contributed by atoms with Gasteiger partial charge < -0.3 is 9.47 Å². The second-order valence-electron chi connectivity index (χ2n) is 6.38. The molecule has 0 atom stereocenters. The molecule has 0 spiro atoms. The van der Waals surface area contributed by atoms with Crippen molar-refractivity contribution in [1.29, 1.82) is 0 Å². The highest BCUT2D eigenvalue weighted by atomic mass is 35.5. The van der Waals surface area contributed by atoms with Crippen LogP contribution in [-0.2, 0) is 0 Å². The summed E-state index contributed by atoms with van der Waals surface area (Å²) in [6.45, 7) is 0. The van der Waals surface area contributed by atoms with Gasteiger partial charge in [-0.3, -0.25) is 0 Å². The molecule has 140 valence electrons. The van der Waals surface area contributed by atoms with Gasteiger partial charge >= 0.3 is 0 Å². The van der Waals surface area contributed by atoms with E-state index in [-0.39, 0.29) is 0 Å². The standard InChI is InChI=1S/C24H18Cl2O2/c1-27-17-11-7-15(8-12-17)21-22(19-5-3-4-6-20(19)24(21)26)23(25)16-9-13-18(28-2)14-10-16/h3-14H,1-2H3/b23-22-. The first kappa shape index (κ1) is 18.7. The fourth-order valence-electron chi connectivity index (χ4n) is 3.41. The highest BCUT2D eigenvalue weighted by Crippen LogP contribution is 2.51. The third-order valence-corrected chi connectivity index (χ3v) is 5.64.